The SMILES string of the molecule is COC(=O)c1sccc1NC(=O)c1cc(C)ccc1F. The van der Waals surface area contributed by atoms with Gasteiger partial charge in [0.05, 0.1) is 18.4 Å². The van der Waals surface area contributed by atoms with Gasteiger partial charge in [-0.15, -0.1) is 11.3 Å². The number of ether oxygens (including phenoxy) is 1. The predicted octanol–water partition coefficient (Wildman–Crippen LogP) is 3.23. The van der Waals surface area contributed by atoms with Crippen LogP contribution in [0.25, 0.3) is 0 Å². The number of amides is 1. The summed E-state index contributed by atoms with van der Waals surface area (Å²) < 4.78 is 18.2. The molecule has 104 valence electrons. The lowest BCUT2D eigenvalue weighted by molar-refractivity contribution is 0.0607. The van der Waals surface area contributed by atoms with Gasteiger partial charge in [0.15, 0.2) is 0 Å². The normalized spacial score (nSPS) is 10.2. The molecule has 6 heteroatoms. The lowest BCUT2D eigenvalue weighted by Crippen LogP contribution is -2.15. The van der Waals surface area contributed by atoms with E-state index in [-0.39, 0.29) is 10.4 Å². The predicted molar refractivity (Wildman–Crippen MR) is 74.7 cm³/mol. The van der Waals surface area contributed by atoms with Gasteiger partial charge in [-0.05, 0) is 30.5 Å². The largest absolute Gasteiger partial charge is 0.465 e. The van der Waals surface area contributed by atoms with Crippen molar-refractivity contribution in [1.82, 2.24) is 0 Å². The van der Waals surface area contributed by atoms with Crippen molar-refractivity contribution < 1.29 is 18.7 Å². The molecular formula is C14H12FNO3S. The van der Waals surface area contributed by atoms with Crippen molar-refractivity contribution in [3.8, 4) is 0 Å². The third-order valence-corrected chi connectivity index (χ3v) is 3.55. The van der Waals surface area contributed by atoms with Crippen LogP contribution < -0.4 is 5.32 Å². The number of hydrogen-bond acceptors (Lipinski definition) is 4. The van der Waals surface area contributed by atoms with E-state index in [1.807, 2.05) is 0 Å². The Morgan fingerprint density at radius 3 is 2.75 bits per heavy atom. The van der Waals surface area contributed by atoms with Crippen molar-refractivity contribution in [3.05, 3.63) is 51.5 Å². The van der Waals surface area contributed by atoms with Gasteiger partial charge in [-0.25, -0.2) is 9.18 Å². The van der Waals surface area contributed by atoms with Crippen molar-refractivity contribution in [2.45, 2.75) is 6.92 Å². The number of anilines is 1. The summed E-state index contributed by atoms with van der Waals surface area (Å²) in [4.78, 5) is 23.8. The number of nitrogens with one attached hydrogen (secondary N) is 1. The van der Waals surface area contributed by atoms with Gasteiger partial charge in [-0.1, -0.05) is 11.6 Å². The van der Waals surface area contributed by atoms with Crippen molar-refractivity contribution >= 4 is 28.9 Å². The number of methoxy groups -OCH3 is 1. The second-order valence-electron chi connectivity index (χ2n) is 4.09. The van der Waals surface area contributed by atoms with E-state index in [1.165, 1.54) is 19.2 Å². The van der Waals surface area contributed by atoms with E-state index in [0.29, 0.717) is 5.69 Å². The first-order valence-corrected chi connectivity index (χ1v) is 6.64. The van der Waals surface area contributed by atoms with E-state index in [4.69, 9.17) is 0 Å². The Hall–Kier alpha value is -2.21. The molecule has 0 radical (unpaired) electrons. The fraction of sp³-hybridized carbons (Fsp3) is 0.143. The number of hydrogen-bond donors (Lipinski definition) is 1. The molecule has 1 amide bonds. The zero-order valence-corrected chi connectivity index (χ0v) is 11.7. The first kappa shape index (κ1) is 14.2. The second-order valence-corrected chi connectivity index (χ2v) is 5.01. The summed E-state index contributed by atoms with van der Waals surface area (Å²) in [6.45, 7) is 1.76. The van der Waals surface area contributed by atoms with Gasteiger partial charge in [0.1, 0.15) is 10.7 Å². The Morgan fingerprint density at radius 1 is 1.30 bits per heavy atom. The first-order valence-electron chi connectivity index (χ1n) is 5.76. The number of thiophene rings is 1. The van der Waals surface area contributed by atoms with Crippen LogP contribution in [0.3, 0.4) is 0 Å². The van der Waals surface area contributed by atoms with Crippen LogP contribution in [0, 0.1) is 12.7 Å². The third kappa shape index (κ3) is 2.85. The van der Waals surface area contributed by atoms with Crippen molar-refractivity contribution in [2.75, 3.05) is 12.4 Å². The monoisotopic (exact) mass is 293 g/mol. The quantitative estimate of drug-likeness (QED) is 0.884. The van der Waals surface area contributed by atoms with Crippen molar-refractivity contribution in [2.24, 2.45) is 0 Å². The van der Waals surface area contributed by atoms with Gasteiger partial charge in [0.25, 0.3) is 5.91 Å². The molecule has 20 heavy (non-hydrogen) atoms. The summed E-state index contributed by atoms with van der Waals surface area (Å²) in [6, 6.07) is 5.84. The molecule has 0 aliphatic heterocycles. The van der Waals surface area contributed by atoms with E-state index in [2.05, 4.69) is 10.1 Å². The number of carbonyl (C=O) groups is 2. The molecule has 0 fully saturated rings. The molecule has 1 heterocycles. The zero-order valence-electron chi connectivity index (χ0n) is 10.9. The maximum atomic E-state index is 13.6. The lowest BCUT2D eigenvalue weighted by atomic mass is 10.1. The summed E-state index contributed by atoms with van der Waals surface area (Å²) in [5, 5.41) is 4.17. The fourth-order valence-corrected chi connectivity index (χ4v) is 2.43. The standard InChI is InChI=1S/C14H12FNO3S/c1-8-3-4-10(15)9(7-8)13(17)16-11-5-6-20-12(11)14(18)19-2/h3-7H,1-2H3,(H,16,17). The highest BCUT2D eigenvalue weighted by molar-refractivity contribution is 7.12. The minimum Gasteiger partial charge on any atom is -0.465 e. The van der Waals surface area contributed by atoms with Gasteiger partial charge in [0.2, 0.25) is 0 Å². The van der Waals surface area contributed by atoms with Gasteiger partial charge in [-0.2, -0.15) is 0 Å². The molecule has 0 aliphatic rings. The maximum Gasteiger partial charge on any atom is 0.350 e. The Bertz CT molecular complexity index is 666. The number of rotatable bonds is 3. The molecule has 0 unspecified atom stereocenters. The van der Waals surface area contributed by atoms with Crippen molar-refractivity contribution in [1.29, 1.82) is 0 Å². The minimum atomic E-state index is -0.608. The number of esters is 1. The molecule has 0 saturated carbocycles. The summed E-state index contributed by atoms with van der Waals surface area (Å²) in [7, 11) is 1.26. The Balaban J connectivity index is 2.26. The molecule has 0 atom stereocenters. The van der Waals surface area contributed by atoms with Crippen LogP contribution in [-0.4, -0.2) is 19.0 Å². The lowest BCUT2D eigenvalue weighted by Gasteiger charge is -2.07. The molecular weight excluding hydrogens is 281 g/mol. The van der Waals surface area contributed by atoms with Crippen LogP contribution in [0.5, 0.6) is 0 Å². The molecule has 1 N–H and O–H groups in total. The topological polar surface area (TPSA) is 55.4 Å². The Morgan fingerprint density at radius 2 is 2.05 bits per heavy atom. The fourth-order valence-electron chi connectivity index (χ4n) is 1.66. The number of halogens is 1. The summed E-state index contributed by atoms with van der Waals surface area (Å²) in [5.74, 6) is -1.75. The van der Waals surface area contributed by atoms with Crippen LogP contribution in [0.1, 0.15) is 25.6 Å². The molecule has 0 aliphatic carbocycles. The van der Waals surface area contributed by atoms with Crippen LogP contribution in [0.4, 0.5) is 10.1 Å². The molecule has 2 rings (SSSR count). The van der Waals surface area contributed by atoms with Crippen LogP contribution in [-0.2, 0) is 4.74 Å². The van der Waals surface area contributed by atoms with Crippen LogP contribution >= 0.6 is 11.3 Å². The summed E-state index contributed by atoms with van der Waals surface area (Å²) >= 11 is 1.14. The van der Waals surface area contributed by atoms with Gasteiger partial charge in [0, 0.05) is 0 Å². The van der Waals surface area contributed by atoms with E-state index >= 15 is 0 Å². The minimum absolute atomic E-state index is 0.0629. The molecule has 1 aromatic heterocycles. The molecule has 0 bridgehead atoms. The molecule has 0 spiro atoms. The van der Waals surface area contributed by atoms with E-state index in [0.717, 1.165) is 16.9 Å². The molecule has 4 nitrogen and oxygen atoms in total. The summed E-state index contributed by atoms with van der Waals surface area (Å²) in [6.07, 6.45) is 0. The second kappa shape index (κ2) is 5.83. The Kier molecular flexibility index (Phi) is 4.14. The number of carbonyl (C=O) groups excluding carboxylic acids is 2. The van der Waals surface area contributed by atoms with Crippen molar-refractivity contribution in [3.63, 3.8) is 0 Å². The average Bonchev–Trinajstić information content (AvgIpc) is 2.88. The van der Waals surface area contributed by atoms with Gasteiger partial charge >= 0.3 is 5.97 Å². The first-order chi connectivity index (χ1) is 9.52. The molecule has 0 saturated heterocycles. The molecule has 1 aromatic carbocycles. The highest BCUT2D eigenvalue weighted by Gasteiger charge is 2.18. The van der Waals surface area contributed by atoms with Gasteiger partial charge < -0.3 is 10.1 Å². The van der Waals surface area contributed by atoms with Crippen LogP contribution in [0.2, 0.25) is 0 Å². The molecule has 2 aromatic rings. The number of aryl methyl sites for hydroxylation is 1. The van der Waals surface area contributed by atoms with E-state index in [9.17, 15) is 14.0 Å². The van der Waals surface area contributed by atoms with E-state index < -0.39 is 17.7 Å². The number of benzene rings is 1. The van der Waals surface area contributed by atoms with Gasteiger partial charge in [-0.3, -0.25) is 4.79 Å². The summed E-state index contributed by atoms with van der Waals surface area (Å²) in [5.41, 5.74) is 1.02. The van der Waals surface area contributed by atoms with E-state index in [1.54, 1.807) is 24.4 Å². The smallest absolute Gasteiger partial charge is 0.350 e. The highest BCUT2D eigenvalue weighted by atomic mass is 32.1. The van der Waals surface area contributed by atoms with Crippen LogP contribution in [0.15, 0.2) is 29.6 Å². The Labute approximate surface area is 119 Å². The maximum absolute atomic E-state index is 13.6. The average molecular weight is 293 g/mol. The highest BCUT2D eigenvalue weighted by Crippen LogP contribution is 2.24. The third-order valence-electron chi connectivity index (χ3n) is 2.65. The zero-order chi connectivity index (χ0) is 14.7.